The largest absolute Gasteiger partial charge is 0.457 e. The number of aromatic amines is 1. The number of nitrogens with zero attached hydrogens (tertiary/aromatic N) is 4. The summed E-state index contributed by atoms with van der Waals surface area (Å²) in [5.74, 6) is 2.92. The maximum Gasteiger partial charge on any atom is 0.224 e. The van der Waals surface area contributed by atoms with Crippen molar-refractivity contribution in [2.75, 3.05) is 15.6 Å². The van der Waals surface area contributed by atoms with Gasteiger partial charge in [-0.15, -0.1) is 0 Å². The van der Waals surface area contributed by atoms with Crippen molar-refractivity contribution in [1.82, 2.24) is 15.0 Å². The van der Waals surface area contributed by atoms with Crippen molar-refractivity contribution in [3.05, 3.63) is 103 Å². The summed E-state index contributed by atoms with van der Waals surface area (Å²) < 4.78 is 5.91. The van der Waals surface area contributed by atoms with E-state index in [1.165, 1.54) is 6.33 Å². The predicted molar refractivity (Wildman–Crippen MR) is 149 cm³/mol. The highest BCUT2D eigenvalue weighted by atomic mass is 16.5. The Kier molecular flexibility index (Phi) is 6.15. The molecule has 3 heterocycles. The second-order valence-electron chi connectivity index (χ2n) is 8.79. The van der Waals surface area contributed by atoms with Gasteiger partial charge in [-0.2, -0.15) is 5.10 Å². The van der Waals surface area contributed by atoms with Crippen LogP contribution < -0.4 is 20.4 Å². The van der Waals surface area contributed by atoms with Crippen molar-refractivity contribution >= 4 is 40.0 Å². The van der Waals surface area contributed by atoms with E-state index in [1.54, 1.807) is 0 Å². The standard InChI is InChI=1S/C29H25N7O2/c1-2-25(37)33-20-10-8-19(9-11-20)17-36-29-26-24(16-30-28(26)31-18-32-29)27(35-36)34-21-12-14-23(15-13-21)38-22-6-4-3-5-7-22/h3-16,18H,2,17H2,1H3,(H,33,37)(H,34,35)(H,30,31,32). The van der Waals surface area contributed by atoms with Crippen LogP contribution in [0.1, 0.15) is 24.5 Å². The molecule has 0 bridgehead atoms. The topological polar surface area (TPSA) is 108 Å². The van der Waals surface area contributed by atoms with Gasteiger partial charge in [0.25, 0.3) is 0 Å². The summed E-state index contributed by atoms with van der Waals surface area (Å²) in [5, 5.41) is 14.0. The van der Waals surface area contributed by atoms with Gasteiger partial charge >= 0.3 is 0 Å². The number of H-pyrrole nitrogens is 1. The van der Waals surface area contributed by atoms with Gasteiger partial charge in [0.15, 0.2) is 11.7 Å². The Morgan fingerprint density at radius 1 is 0.921 bits per heavy atom. The molecule has 0 spiro atoms. The molecule has 5 aromatic rings. The van der Waals surface area contributed by atoms with Gasteiger partial charge in [-0.05, 0) is 54.1 Å². The molecular formula is C29H25N7O2. The quantitative estimate of drug-likeness (QED) is 0.256. The van der Waals surface area contributed by atoms with Gasteiger partial charge in [0.05, 0.1) is 11.9 Å². The van der Waals surface area contributed by atoms with Gasteiger partial charge in [0.2, 0.25) is 5.91 Å². The number of hydrogen-bond donors (Lipinski definition) is 3. The van der Waals surface area contributed by atoms with Crippen molar-refractivity contribution in [2.45, 2.75) is 19.9 Å². The van der Waals surface area contributed by atoms with Crippen molar-refractivity contribution < 1.29 is 9.53 Å². The van der Waals surface area contributed by atoms with Crippen molar-refractivity contribution in [3.8, 4) is 11.5 Å². The van der Waals surface area contributed by atoms with Gasteiger partial charge in [-0.1, -0.05) is 37.3 Å². The summed E-state index contributed by atoms with van der Waals surface area (Å²) in [6, 6.07) is 25.2. The summed E-state index contributed by atoms with van der Waals surface area (Å²) in [4.78, 5) is 23.9. The number of amides is 1. The number of rotatable bonds is 7. The van der Waals surface area contributed by atoms with Gasteiger partial charge in [0, 0.05) is 29.6 Å². The molecule has 38 heavy (non-hydrogen) atoms. The van der Waals surface area contributed by atoms with E-state index in [9.17, 15) is 4.79 Å². The van der Waals surface area contributed by atoms with Crippen LogP contribution in [0.25, 0.3) is 11.0 Å². The van der Waals surface area contributed by atoms with E-state index in [4.69, 9.17) is 9.84 Å². The highest BCUT2D eigenvalue weighted by molar-refractivity contribution is 6.19. The maximum absolute atomic E-state index is 11.7. The van der Waals surface area contributed by atoms with E-state index in [0.717, 1.165) is 50.9 Å². The van der Waals surface area contributed by atoms with E-state index >= 15 is 0 Å². The van der Waals surface area contributed by atoms with Crippen molar-refractivity contribution in [1.29, 1.82) is 0 Å². The molecule has 188 valence electrons. The number of carbonyl (C=O) groups is 1. The number of aromatic nitrogens is 3. The summed E-state index contributed by atoms with van der Waals surface area (Å²) in [5.41, 5.74) is 4.30. The van der Waals surface area contributed by atoms with Crippen LogP contribution in [0, 0.1) is 0 Å². The molecule has 0 atom stereocenters. The number of hydrazone groups is 1. The first-order chi connectivity index (χ1) is 18.7. The Labute approximate surface area is 219 Å². The molecule has 0 aliphatic carbocycles. The minimum Gasteiger partial charge on any atom is -0.457 e. The maximum atomic E-state index is 11.7. The molecule has 1 amide bonds. The molecule has 0 radical (unpaired) electrons. The lowest BCUT2D eigenvalue weighted by atomic mass is 10.1. The first-order valence-electron chi connectivity index (χ1n) is 12.3. The Morgan fingerprint density at radius 2 is 1.66 bits per heavy atom. The van der Waals surface area contributed by atoms with Gasteiger partial charge in [-0.3, -0.25) is 4.79 Å². The number of carbonyl (C=O) groups excluding carboxylic acids is 1. The molecule has 1 aliphatic rings. The van der Waals surface area contributed by atoms with Crippen LogP contribution >= 0.6 is 0 Å². The molecule has 2 aromatic heterocycles. The fourth-order valence-corrected chi connectivity index (χ4v) is 4.24. The summed E-state index contributed by atoms with van der Waals surface area (Å²) in [7, 11) is 0. The van der Waals surface area contributed by atoms with E-state index < -0.39 is 0 Å². The van der Waals surface area contributed by atoms with E-state index in [0.29, 0.717) is 18.8 Å². The molecular weight excluding hydrogens is 478 g/mol. The summed E-state index contributed by atoms with van der Waals surface area (Å²) in [6.07, 6.45) is 3.86. The lowest BCUT2D eigenvalue weighted by Crippen LogP contribution is -2.27. The van der Waals surface area contributed by atoms with Crippen LogP contribution in [0.2, 0.25) is 0 Å². The van der Waals surface area contributed by atoms with E-state index in [-0.39, 0.29) is 5.91 Å². The predicted octanol–water partition coefficient (Wildman–Crippen LogP) is 5.89. The molecule has 9 nitrogen and oxygen atoms in total. The Balaban J connectivity index is 1.25. The molecule has 0 saturated heterocycles. The van der Waals surface area contributed by atoms with Crippen LogP contribution in [-0.4, -0.2) is 26.7 Å². The summed E-state index contributed by atoms with van der Waals surface area (Å²) in [6.45, 7) is 2.32. The fraction of sp³-hybridized carbons (Fsp3) is 0.103. The number of hydrogen-bond acceptors (Lipinski definition) is 7. The first kappa shape index (κ1) is 23.2. The van der Waals surface area contributed by atoms with Gasteiger partial charge in [-0.25, -0.2) is 15.0 Å². The second kappa shape index (κ2) is 10.1. The van der Waals surface area contributed by atoms with Gasteiger partial charge in [0.1, 0.15) is 23.5 Å². The average molecular weight is 504 g/mol. The molecule has 0 fully saturated rings. The van der Waals surface area contributed by atoms with Crippen LogP contribution in [0.5, 0.6) is 11.5 Å². The average Bonchev–Trinajstić information content (AvgIpc) is 3.39. The SMILES string of the molecule is CCC(=O)Nc1ccc(CN2N=C(Nc3ccc(Oc4ccccc4)cc3)c3c[nH]c4ncnc2c34)cc1. The fourth-order valence-electron chi connectivity index (χ4n) is 4.24. The zero-order valence-corrected chi connectivity index (χ0v) is 20.7. The number of amidine groups is 1. The Morgan fingerprint density at radius 3 is 2.42 bits per heavy atom. The smallest absolute Gasteiger partial charge is 0.224 e. The van der Waals surface area contributed by atoms with Crippen LogP contribution in [0.15, 0.2) is 96.5 Å². The number of para-hydroxylation sites is 1. The Bertz CT molecular complexity index is 1610. The van der Waals surface area contributed by atoms with Gasteiger partial charge < -0.3 is 20.4 Å². The highest BCUT2D eigenvalue weighted by Gasteiger charge is 2.25. The molecule has 6 rings (SSSR count). The minimum atomic E-state index is -0.0166. The molecule has 1 aliphatic heterocycles. The third kappa shape index (κ3) is 4.77. The van der Waals surface area contributed by atoms with Crippen LogP contribution in [0.4, 0.5) is 17.2 Å². The normalized spacial score (nSPS) is 12.2. The summed E-state index contributed by atoms with van der Waals surface area (Å²) >= 11 is 0. The lowest BCUT2D eigenvalue weighted by molar-refractivity contribution is -0.115. The van der Waals surface area contributed by atoms with Crippen LogP contribution in [-0.2, 0) is 11.3 Å². The minimum absolute atomic E-state index is 0.0166. The number of ether oxygens (including phenoxy) is 1. The monoisotopic (exact) mass is 503 g/mol. The number of benzene rings is 3. The number of nitrogens with one attached hydrogen (secondary N) is 3. The third-order valence-electron chi connectivity index (χ3n) is 6.16. The van der Waals surface area contributed by atoms with Crippen molar-refractivity contribution in [2.24, 2.45) is 5.10 Å². The number of anilines is 3. The van der Waals surface area contributed by atoms with Crippen LogP contribution in [0.3, 0.4) is 0 Å². The molecule has 0 saturated carbocycles. The van der Waals surface area contributed by atoms with E-state index in [2.05, 4.69) is 25.6 Å². The zero-order chi connectivity index (χ0) is 25.9. The molecule has 3 aromatic carbocycles. The molecule has 9 heteroatoms. The lowest BCUT2D eigenvalue weighted by Gasteiger charge is -2.25. The third-order valence-corrected chi connectivity index (χ3v) is 6.16. The molecule has 3 N–H and O–H groups in total. The van der Waals surface area contributed by atoms with Crippen molar-refractivity contribution in [3.63, 3.8) is 0 Å². The molecule has 0 unspecified atom stereocenters. The second-order valence-corrected chi connectivity index (χ2v) is 8.79. The zero-order valence-electron chi connectivity index (χ0n) is 20.7. The highest BCUT2D eigenvalue weighted by Crippen LogP contribution is 2.33. The first-order valence-corrected chi connectivity index (χ1v) is 12.3. The Hall–Kier alpha value is -5.18. The van der Waals surface area contributed by atoms with E-state index in [1.807, 2.05) is 97.0 Å².